The fourth-order valence-corrected chi connectivity index (χ4v) is 3.10. The molecule has 1 atom stereocenters. The van der Waals surface area contributed by atoms with Crippen LogP contribution in [0.25, 0.3) is 0 Å². The molecule has 3 N–H and O–H groups in total. The summed E-state index contributed by atoms with van der Waals surface area (Å²) in [4.78, 5) is 11.2. The number of anilines is 1. The van der Waals surface area contributed by atoms with Crippen molar-refractivity contribution in [3.05, 3.63) is 95.1 Å². The topological polar surface area (TPSA) is 73.6 Å². The van der Waals surface area contributed by atoms with Crippen LogP contribution in [0, 0.1) is 6.92 Å². The van der Waals surface area contributed by atoms with E-state index in [1.165, 1.54) is 11.1 Å². The second-order valence-corrected chi connectivity index (χ2v) is 6.95. The molecule has 0 heterocycles. The maximum absolute atomic E-state index is 11.2. The van der Waals surface area contributed by atoms with Gasteiger partial charge >= 0.3 is 6.09 Å². The highest BCUT2D eigenvalue weighted by Gasteiger charge is 2.16. The van der Waals surface area contributed by atoms with Crippen LogP contribution in [0.1, 0.15) is 35.3 Å². The number of primary amides is 1. The Morgan fingerprint density at radius 1 is 1.00 bits per heavy atom. The van der Waals surface area contributed by atoms with Gasteiger partial charge < -0.3 is 20.5 Å². The number of benzene rings is 3. The summed E-state index contributed by atoms with van der Waals surface area (Å²) in [6, 6.07) is 24.0. The maximum atomic E-state index is 11.2. The molecule has 0 saturated heterocycles. The Morgan fingerprint density at radius 2 is 1.76 bits per heavy atom. The van der Waals surface area contributed by atoms with Crippen LogP contribution in [0.3, 0.4) is 0 Å². The monoisotopic (exact) mass is 390 g/mol. The van der Waals surface area contributed by atoms with Crippen molar-refractivity contribution in [3.63, 3.8) is 0 Å². The van der Waals surface area contributed by atoms with E-state index in [0.717, 1.165) is 16.8 Å². The second-order valence-electron chi connectivity index (χ2n) is 6.95. The summed E-state index contributed by atoms with van der Waals surface area (Å²) in [5.41, 5.74) is 10.4. The molecule has 5 nitrogen and oxygen atoms in total. The van der Waals surface area contributed by atoms with E-state index in [1.807, 2.05) is 54.6 Å². The third-order valence-electron chi connectivity index (χ3n) is 4.56. The van der Waals surface area contributed by atoms with Gasteiger partial charge in [0.25, 0.3) is 0 Å². The van der Waals surface area contributed by atoms with Gasteiger partial charge in [0, 0.05) is 23.9 Å². The van der Waals surface area contributed by atoms with E-state index in [2.05, 4.69) is 30.4 Å². The molecule has 0 spiro atoms. The minimum atomic E-state index is -0.812. The highest BCUT2D eigenvalue weighted by molar-refractivity contribution is 5.65. The van der Waals surface area contributed by atoms with Crippen LogP contribution in [0.15, 0.2) is 72.8 Å². The first-order valence-corrected chi connectivity index (χ1v) is 9.57. The van der Waals surface area contributed by atoms with Crippen LogP contribution in [0.2, 0.25) is 0 Å². The Morgan fingerprint density at radius 3 is 2.48 bits per heavy atom. The third-order valence-corrected chi connectivity index (χ3v) is 4.56. The zero-order chi connectivity index (χ0) is 20.6. The molecule has 150 valence electrons. The lowest BCUT2D eigenvalue weighted by molar-refractivity contribution is 0.114. The molecule has 1 unspecified atom stereocenters. The normalized spacial score (nSPS) is 11.5. The summed E-state index contributed by atoms with van der Waals surface area (Å²) in [5, 5.41) is 3.42. The number of nitrogens with one attached hydrogen (secondary N) is 1. The van der Waals surface area contributed by atoms with Crippen molar-refractivity contribution in [1.82, 2.24) is 0 Å². The molecule has 29 heavy (non-hydrogen) atoms. The van der Waals surface area contributed by atoms with Gasteiger partial charge in [-0.25, -0.2) is 4.79 Å². The standard InChI is InChI=1S/C24H26N2O3/c1-17-7-6-10-20(13-17)15-26-21-11-12-22(18(2)29-24(25)27)23(14-21)28-16-19-8-4-3-5-9-19/h3-14,18,26H,15-16H2,1-2H3,(H2,25,27). The number of hydrogen-bond donors (Lipinski definition) is 2. The minimum absolute atomic E-state index is 0.415. The summed E-state index contributed by atoms with van der Waals surface area (Å²) in [6.07, 6.45) is -1.32. The summed E-state index contributed by atoms with van der Waals surface area (Å²) in [5.74, 6) is 0.650. The fourth-order valence-electron chi connectivity index (χ4n) is 3.10. The summed E-state index contributed by atoms with van der Waals surface area (Å²) < 4.78 is 11.2. The summed E-state index contributed by atoms with van der Waals surface area (Å²) in [7, 11) is 0. The molecule has 0 saturated carbocycles. The van der Waals surface area contributed by atoms with Gasteiger partial charge in [0.05, 0.1) is 0 Å². The number of rotatable bonds is 8. The summed E-state index contributed by atoms with van der Waals surface area (Å²) in [6.45, 7) is 4.97. The van der Waals surface area contributed by atoms with Crippen LogP contribution < -0.4 is 15.8 Å². The molecule has 0 aliphatic carbocycles. The molecule has 0 bridgehead atoms. The van der Waals surface area contributed by atoms with Gasteiger partial charge in [0.1, 0.15) is 18.5 Å². The molecule has 3 rings (SSSR count). The molecular formula is C24H26N2O3. The second kappa shape index (κ2) is 9.64. The number of aryl methyl sites for hydroxylation is 1. The van der Waals surface area contributed by atoms with E-state index in [1.54, 1.807) is 6.92 Å². The zero-order valence-corrected chi connectivity index (χ0v) is 16.7. The lowest BCUT2D eigenvalue weighted by Gasteiger charge is -2.18. The highest BCUT2D eigenvalue weighted by Crippen LogP contribution is 2.31. The van der Waals surface area contributed by atoms with Crippen LogP contribution in [-0.2, 0) is 17.9 Å². The van der Waals surface area contributed by atoms with E-state index in [-0.39, 0.29) is 0 Å². The van der Waals surface area contributed by atoms with Gasteiger partial charge in [0.2, 0.25) is 0 Å². The first kappa shape index (κ1) is 20.3. The Labute approximate surface area is 171 Å². The van der Waals surface area contributed by atoms with Gasteiger partial charge in [-0.2, -0.15) is 0 Å². The van der Waals surface area contributed by atoms with Gasteiger partial charge in [0.15, 0.2) is 0 Å². The maximum Gasteiger partial charge on any atom is 0.405 e. The molecule has 0 radical (unpaired) electrons. The molecule has 0 aliphatic heterocycles. The lowest BCUT2D eigenvalue weighted by Crippen LogP contribution is -2.16. The predicted molar refractivity (Wildman–Crippen MR) is 115 cm³/mol. The van der Waals surface area contributed by atoms with E-state index < -0.39 is 12.2 Å². The molecule has 0 aliphatic rings. The van der Waals surface area contributed by atoms with Crippen molar-refractivity contribution in [3.8, 4) is 5.75 Å². The Hall–Kier alpha value is -3.47. The third kappa shape index (κ3) is 6.01. The molecule has 1 amide bonds. The van der Waals surface area contributed by atoms with Crippen LogP contribution in [-0.4, -0.2) is 6.09 Å². The Bertz CT molecular complexity index is 957. The van der Waals surface area contributed by atoms with Crippen LogP contribution in [0.4, 0.5) is 10.5 Å². The quantitative estimate of drug-likeness (QED) is 0.544. The fraction of sp³-hybridized carbons (Fsp3) is 0.208. The number of carbonyl (C=O) groups excluding carboxylic acids is 1. The smallest absolute Gasteiger partial charge is 0.405 e. The first-order chi connectivity index (χ1) is 14.0. The van der Waals surface area contributed by atoms with Crippen molar-refractivity contribution < 1.29 is 14.3 Å². The van der Waals surface area contributed by atoms with E-state index in [4.69, 9.17) is 15.2 Å². The SMILES string of the molecule is Cc1cccc(CNc2ccc(C(C)OC(N)=O)c(OCc3ccccc3)c2)c1. The van der Waals surface area contributed by atoms with Crippen LogP contribution in [0.5, 0.6) is 5.75 Å². The van der Waals surface area contributed by atoms with Crippen molar-refractivity contribution in [1.29, 1.82) is 0 Å². The van der Waals surface area contributed by atoms with E-state index in [0.29, 0.717) is 18.9 Å². The molecule has 5 heteroatoms. The zero-order valence-electron chi connectivity index (χ0n) is 16.7. The largest absolute Gasteiger partial charge is 0.488 e. The first-order valence-electron chi connectivity index (χ1n) is 9.57. The minimum Gasteiger partial charge on any atom is -0.488 e. The van der Waals surface area contributed by atoms with Crippen molar-refractivity contribution in [2.24, 2.45) is 5.73 Å². The number of amides is 1. The predicted octanol–water partition coefficient (Wildman–Crippen LogP) is 5.34. The highest BCUT2D eigenvalue weighted by atomic mass is 16.6. The average Bonchev–Trinajstić information content (AvgIpc) is 2.71. The molecule has 3 aromatic rings. The number of carbonyl (C=O) groups is 1. The Balaban J connectivity index is 1.78. The van der Waals surface area contributed by atoms with Gasteiger partial charge in [-0.05, 0) is 37.1 Å². The van der Waals surface area contributed by atoms with E-state index in [9.17, 15) is 4.79 Å². The van der Waals surface area contributed by atoms with Gasteiger partial charge in [-0.1, -0.05) is 60.2 Å². The van der Waals surface area contributed by atoms with Crippen molar-refractivity contribution >= 4 is 11.8 Å². The number of hydrogen-bond acceptors (Lipinski definition) is 4. The number of nitrogens with two attached hydrogens (primary N) is 1. The van der Waals surface area contributed by atoms with Crippen molar-refractivity contribution in [2.45, 2.75) is 33.1 Å². The van der Waals surface area contributed by atoms with Gasteiger partial charge in [-0.15, -0.1) is 0 Å². The molecule has 3 aromatic carbocycles. The Kier molecular flexibility index (Phi) is 6.74. The average molecular weight is 390 g/mol. The molecular weight excluding hydrogens is 364 g/mol. The molecule has 0 fully saturated rings. The van der Waals surface area contributed by atoms with Crippen molar-refractivity contribution in [2.75, 3.05) is 5.32 Å². The summed E-state index contributed by atoms with van der Waals surface area (Å²) >= 11 is 0. The molecule has 0 aromatic heterocycles. The number of ether oxygens (including phenoxy) is 2. The lowest BCUT2D eigenvalue weighted by atomic mass is 10.1. The van der Waals surface area contributed by atoms with Crippen LogP contribution >= 0.6 is 0 Å². The van der Waals surface area contributed by atoms with E-state index >= 15 is 0 Å². The van der Waals surface area contributed by atoms with Gasteiger partial charge in [-0.3, -0.25) is 0 Å².